The molecule has 1 atom stereocenters. The summed E-state index contributed by atoms with van der Waals surface area (Å²) in [6.07, 6.45) is 4.22. The van der Waals surface area contributed by atoms with E-state index < -0.39 is 0 Å². The Morgan fingerprint density at radius 1 is 1.03 bits per heavy atom. The van der Waals surface area contributed by atoms with E-state index in [0.717, 1.165) is 57.7 Å². The molecule has 2 aromatic carbocycles. The monoisotopic (exact) mass is 444 g/mol. The predicted octanol–water partition coefficient (Wildman–Crippen LogP) is 4.19. The molecule has 1 unspecified atom stereocenters. The summed E-state index contributed by atoms with van der Waals surface area (Å²) in [4.78, 5) is 14.9. The van der Waals surface area contributed by atoms with Crippen molar-refractivity contribution < 1.29 is 14.3 Å². The molecule has 2 saturated heterocycles. The van der Waals surface area contributed by atoms with Crippen LogP contribution in [0.25, 0.3) is 0 Å². The highest BCUT2D eigenvalue weighted by Gasteiger charge is 2.26. The van der Waals surface area contributed by atoms with Crippen molar-refractivity contribution >= 4 is 18.3 Å². The van der Waals surface area contributed by atoms with E-state index in [9.17, 15) is 4.79 Å². The second-order valence-corrected chi connectivity index (χ2v) is 8.35. The molecule has 0 bridgehead atoms. The highest BCUT2D eigenvalue weighted by molar-refractivity contribution is 5.85. The van der Waals surface area contributed by atoms with Crippen molar-refractivity contribution in [3.8, 4) is 5.75 Å². The molecular formula is C25H33ClN2O3. The fourth-order valence-corrected chi connectivity index (χ4v) is 4.25. The van der Waals surface area contributed by atoms with E-state index in [0.29, 0.717) is 13.2 Å². The molecule has 2 aliphatic rings. The molecule has 0 saturated carbocycles. The molecule has 0 spiro atoms. The number of nitrogens with zero attached hydrogens (tertiary/aromatic N) is 1. The maximum Gasteiger partial charge on any atom is 0.223 e. The Labute approximate surface area is 191 Å². The predicted molar refractivity (Wildman–Crippen MR) is 124 cm³/mol. The van der Waals surface area contributed by atoms with E-state index in [1.807, 2.05) is 24.3 Å². The number of ether oxygens (including phenoxy) is 2. The molecule has 4 rings (SSSR count). The zero-order valence-electron chi connectivity index (χ0n) is 18.0. The van der Waals surface area contributed by atoms with Crippen molar-refractivity contribution in [1.29, 1.82) is 0 Å². The molecule has 0 aromatic heterocycles. The number of amides is 1. The summed E-state index contributed by atoms with van der Waals surface area (Å²) < 4.78 is 11.6. The number of nitrogens with one attached hydrogen (secondary N) is 1. The van der Waals surface area contributed by atoms with Gasteiger partial charge in [0, 0.05) is 25.6 Å². The van der Waals surface area contributed by atoms with Gasteiger partial charge in [-0.05, 0) is 62.0 Å². The number of rotatable bonds is 8. The third-order valence-electron chi connectivity index (χ3n) is 6.04. The summed E-state index contributed by atoms with van der Waals surface area (Å²) in [6, 6.07) is 18.6. The van der Waals surface area contributed by atoms with Crippen molar-refractivity contribution in [2.45, 2.75) is 44.9 Å². The second kappa shape index (κ2) is 12.1. The topological polar surface area (TPSA) is 50.8 Å². The third-order valence-corrected chi connectivity index (χ3v) is 6.04. The quantitative estimate of drug-likeness (QED) is 0.663. The first-order valence-corrected chi connectivity index (χ1v) is 11.1. The normalized spacial score (nSPS) is 19.5. The fraction of sp³-hybridized carbons (Fsp3) is 0.480. The van der Waals surface area contributed by atoms with Crippen LogP contribution in [-0.2, 0) is 22.7 Å². The van der Waals surface area contributed by atoms with Crippen molar-refractivity contribution in [2.75, 3.05) is 26.2 Å². The largest absolute Gasteiger partial charge is 0.489 e. The summed E-state index contributed by atoms with van der Waals surface area (Å²) >= 11 is 0. The lowest BCUT2D eigenvalue weighted by Gasteiger charge is -2.31. The maximum absolute atomic E-state index is 12.5. The summed E-state index contributed by atoms with van der Waals surface area (Å²) in [5.74, 6) is 1.23. The second-order valence-electron chi connectivity index (χ2n) is 8.35. The van der Waals surface area contributed by atoms with Crippen molar-refractivity contribution in [2.24, 2.45) is 5.92 Å². The van der Waals surface area contributed by atoms with Gasteiger partial charge in [-0.15, -0.1) is 12.4 Å². The number of halogens is 1. The van der Waals surface area contributed by atoms with Crippen LogP contribution >= 0.6 is 12.4 Å². The number of carbonyl (C=O) groups is 1. The van der Waals surface area contributed by atoms with Gasteiger partial charge in [0.2, 0.25) is 5.91 Å². The van der Waals surface area contributed by atoms with Gasteiger partial charge in [-0.3, -0.25) is 9.69 Å². The first kappa shape index (κ1) is 23.6. The van der Waals surface area contributed by atoms with Gasteiger partial charge in [0.1, 0.15) is 12.4 Å². The van der Waals surface area contributed by atoms with Crippen LogP contribution in [0.4, 0.5) is 0 Å². The van der Waals surface area contributed by atoms with Gasteiger partial charge in [0.05, 0.1) is 6.10 Å². The summed E-state index contributed by atoms with van der Waals surface area (Å²) in [5, 5.41) is 3.09. The van der Waals surface area contributed by atoms with Crippen LogP contribution in [0.15, 0.2) is 54.6 Å². The highest BCUT2D eigenvalue weighted by Crippen LogP contribution is 2.22. The Balaban J connectivity index is 0.00000272. The average Bonchev–Trinajstić information content (AvgIpc) is 3.31. The average molecular weight is 445 g/mol. The highest BCUT2D eigenvalue weighted by atomic mass is 35.5. The fourth-order valence-electron chi connectivity index (χ4n) is 4.25. The Hall–Kier alpha value is -2.08. The molecular weight excluding hydrogens is 412 g/mol. The van der Waals surface area contributed by atoms with Crippen molar-refractivity contribution in [3.63, 3.8) is 0 Å². The Morgan fingerprint density at radius 3 is 2.55 bits per heavy atom. The molecule has 2 aliphatic heterocycles. The van der Waals surface area contributed by atoms with Gasteiger partial charge >= 0.3 is 0 Å². The molecule has 1 amide bonds. The van der Waals surface area contributed by atoms with Gasteiger partial charge in [0.15, 0.2) is 0 Å². The lowest BCUT2D eigenvalue weighted by atomic mass is 9.95. The van der Waals surface area contributed by atoms with Crippen LogP contribution in [0.2, 0.25) is 0 Å². The van der Waals surface area contributed by atoms with Gasteiger partial charge in [0.25, 0.3) is 0 Å². The van der Waals surface area contributed by atoms with Gasteiger partial charge in [-0.1, -0.05) is 42.5 Å². The molecule has 2 aromatic rings. The van der Waals surface area contributed by atoms with Crippen LogP contribution < -0.4 is 10.1 Å². The number of likely N-dealkylation sites (tertiary alicyclic amines) is 1. The number of carbonyl (C=O) groups excluding carboxylic acids is 1. The molecule has 5 nitrogen and oxygen atoms in total. The van der Waals surface area contributed by atoms with Crippen LogP contribution in [0.3, 0.4) is 0 Å². The van der Waals surface area contributed by atoms with Crippen molar-refractivity contribution in [3.05, 3.63) is 65.7 Å². The SMILES string of the molecule is Cl.O=C(NCC1CCCO1)C1CCN(Cc2cccc(OCc3ccccc3)c2)CC1. The van der Waals surface area contributed by atoms with Gasteiger partial charge in [-0.2, -0.15) is 0 Å². The molecule has 168 valence electrons. The summed E-state index contributed by atoms with van der Waals surface area (Å²) in [6.45, 7) is 4.87. The smallest absolute Gasteiger partial charge is 0.223 e. The van der Waals surface area contributed by atoms with Gasteiger partial charge in [-0.25, -0.2) is 0 Å². The molecule has 1 N–H and O–H groups in total. The minimum atomic E-state index is 0. The zero-order chi connectivity index (χ0) is 20.6. The van der Waals surface area contributed by atoms with Crippen molar-refractivity contribution in [1.82, 2.24) is 10.2 Å². The lowest BCUT2D eigenvalue weighted by molar-refractivity contribution is -0.127. The first-order chi connectivity index (χ1) is 14.8. The summed E-state index contributed by atoms with van der Waals surface area (Å²) in [7, 11) is 0. The van der Waals surface area contributed by atoms with E-state index in [2.05, 4.69) is 40.5 Å². The molecule has 6 heteroatoms. The summed E-state index contributed by atoms with van der Waals surface area (Å²) in [5.41, 5.74) is 2.42. The van der Waals surface area contributed by atoms with Crippen LogP contribution in [-0.4, -0.2) is 43.2 Å². The van der Waals surface area contributed by atoms with Crippen LogP contribution in [0.5, 0.6) is 5.75 Å². The van der Waals surface area contributed by atoms with Crippen LogP contribution in [0, 0.1) is 5.92 Å². The Kier molecular flexibility index (Phi) is 9.19. The van der Waals surface area contributed by atoms with E-state index in [1.165, 1.54) is 11.1 Å². The number of benzene rings is 2. The Morgan fingerprint density at radius 2 is 1.81 bits per heavy atom. The molecule has 2 fully saturated rings. The number of piperidine rings is 1. The third kappa shape index (κ3) is 7.23. The van der Waals surface area contributed by atoms with E-state index in [4.69, 9.17) is 9.47 Å². The first-order valence-electron chi connectivity index (χ1n) is 11.1. The molecule has 31 heavy (non-hydrogen) atoms. The number of hydrogen-bond donors (Lipinski definition) is 1. The van der Waals surface area contributed by atoms with Gasteiger partial charge < -0.3 is 14.8 Å². The van der Waals surface area contributed by atoms with Crippen LogP contribution in [0.1, 0.15) is 36.8 Å². The number of hydrogen-bond acceptors (Lipinski definition) is 4. The maximum atomic E-state index is 12.5. The standard InChI is InChI=1S/C25H32N2O3.ClH/c28-25(26-17-24-10-5-15-29-24)22-11-13-27(14-12-22)18-21-8-4-9-23(16-21)30-19-20-6-2-1-3-7-20;/h1-4,6-9,16,22,24H,5,10-15,17-19H2,(H,26,28);1H. The minimum absolute atomic E-state index is 0. The van der Waals surface area contributed by atoms with E-state index in [1.54, 1.807) is 0 Å². The zero-order valence-corrected chi connectivity index (χ0v) is 18.8. The molecule has 0 radical (unpaired) electrons. The van der Waals surface area contributed by atoms with E-state index >= 15 is 0 Å². The van der Waals surface area contributed by atoms with E-state index in [-0.39, 0.29) is 30.3 Å². The Bertz CT molecular complexity index is 803. The molecule has 0 aliphatic carbocycles. The lowest BCUT2D eigenvalue weighted by Crippen LogP contribution is -2.42. The minimum Gasteiger partial charge on any atom is -0.489 e. The molecule has 2 heterocycles.